The first-order chi connectivity index (χ1) is 14.1. The SMILES string of the molecule is Cc1cccc(Nc2nnc(SCC(=O)Nc3ccc4c(c3)OCCO4)s2)c1C. The van der Waals surface area contributed by atoms with E-state index in [9.17, 15) is 4.79 Å². The average molecular weight is 429 g/mol. The molecule has 9 heteroatoms. The number of hydrogen-bond acceptors (Lipinski definition) is 8. The first-order valence-corrected chi connectivity index (χ1v) is 10.9. The van der Waals surface area contributed by atoms with Gasteiger partial charge in [0.25, 0.3) is 0 Å². The highest BCUT2D eigenvalue weighted by molar-refractivity contribution is 8.01. The second-order valence-corrected chi connectivity index (χ2v) is 8.64. The summed E-state index contributed by atoms with van der Waals surface area (Å²) in [4.78, 5) is 12.3. The minimum absolute atomic E-state index is 0.120. The van der Waals surface area contributed by atoms with Gasteiger partial charge in [-0.25, -0.2) is 0 Å². The van der Waals surface area contributed by atoms with Crippen molar-refractivity contribution in [1.82, 2.24) is 10.2 Å². The summed E-state index contributed by atoms with van der Waals surface area (Å²) >= 11 is 2.77. The average Bonchev–Trinajstić information content (AvgIpc) is 3.17. The van der Waals surface area contributed by atoms with Crippen LogP contribution in [-0.4, -0.2) is 35.1 Å². The lowest BCUT2D eigenvalue weighted by Crippen LogP contribution is -2.17. The van der Waals surface area contributed by atoms with Crippen molar-refractivity contribution in [2.45, 2.75) is 18.2 Å². The molecule has 1 amide bonds. The van der Waals surface area contributed by atoms with Crippen LogP contribution in [0.4, 0.5) is 16.5 Å². The standard InChI is InChI=1S/C20H20N4O3S2/c1-12-4-3-5-15(13(12)2)22-19-23-24-20(29-19)28-11-18(25)21-14-6-7-16-17(10-14)27-9-8-26-16/h3-7,10H,8-9,11H2,1-2H3,(H,21,25)(H,22,23). The third-order valence-electron chi connectivity index (χ3n) is 4.41. The van der Waals surface area contributed by atoms with Crippen LogP contribution in [0.3, 0.4) is 0 Å². The van der Waals surface area contributed by atoms with Crippen LogP contribution in [0.1, 0.15) is 11.1 Å². The van der Waals surface area contributed by atoms with Crippen LogP contribution in [0.15, 0.2) is 40.7 Å². The number of nitrogens with one attached hydrogen (secondary N) is 2. The van der Waals surface area contributed by atoms with Gasteiger partial charge in [0.15, 0.2) is 15.8 Å². The summed E-state index contributed by atoms with van der Waals surface area (Å²) in [6.45, 7) is 5.19. The fourth-order valence-electron chi connectivity index (χ4n) is 2.77. The van der Waals surface area contributed by atoms with Gasteiger partial charge in [-0.15, -0.1) is 10.2 Å². The summed E-state index contributed by atoms with van der Waals surface area (Å²) in [5.41, 5.74) is 4.07. The minimum atomic E-state index is -0.120. The fraction of sp³-hybridized carbons (Fsp3) is 0.250. The molecule has 0 fully saturated rings. The van der Waals surface area contributed by atoms with E-state index < -0.39 is 0 Å². The lowest BCUT2D eigenvalue weighted by molar-refractivity contribution is -0.113. The van der Waals surface area contributed by atoms with Crippen molar-refractivity contribution in [2.24, 2.45) is 0 Å². The Morgan fingerprint density at radius 3 is 2.83 bits per heavy atom. The molecule has 150 valence electrons. The smallest absolute Gasteiger partial charge is 0.234 e. The maximum Gasteiger partial charge on any atom is 0.234 e. The highest BCUT2D eigenvalue weighted by Crippen LogP contribution is 2.33. The van der Waals surface area contributed by atoms with Gasteiger partial charge in [-0.3, -0.25) is 4.79 Å². The van der Waals surface area contributed by atoms with Crippen molar-refractivity contribution < 1.29 is 14.3 Å². The molecule has 29 heavy (non-hydrogen) atoms. The summed E-state index contributed by atoms with van der Waals surface area (Å²) in [5.74, 6) is 1.47. The van der Waals surface area contributed by atoms with Gasteiger partial charge in [-0.05, 0) is 43.2 Å². The summed E-state index contributed by atoms with van der Waals surface area (Å²) in [7, 11) is 0. The molecule has 1 aliphatic heterocycles. The number of aromatic nitrogens is 2. The third-order valence-corrected chi connectivity index (χ3v) is 6.38. The molecule has 3 aromatic rings. The molecule has 0 spiro atoms. The van der Waals surface area contributed by atoms with E-state index in [0.29, 0.717) is 35.5 Å². The normalized spacial score (nSPS) is 12.5. The Morgan fingerprint density at radius 2 is 1.97 bits per heavy atom. The number of rotatable bonds is 6. The van der Waals surface area contributed by atoms with Crippen molar-refractivity contribution >= 4 is 45.5 Å². The number of benzene rings is 2. The molecule has 7 nitrogen and oxygen atoms in total. The topological polar surface area (TPSA) is 85.4 Å². The lowest BCUT2D eigenvalue weighted by Gasteiger charge is -2.18. The first-order valence-electron chi connectivity index (χ1n) is 9.07. The minimum Gasteiger partial charge on any atom is -0.486 e. The van der Waals surface area contributed by atoms with Crippen molar-refractivity contribution in [3.8, 4) is 11.5 Å². The van der Waals surface area contributed by atoms with Gasteiger partial charge >= 0.3 is 0 Å². The third kappa shape index (κ3) is 4.80. The molecule has 1 aliphatic rings. The lowest BCUT2D eigenvalue weighted by atomic mass is 10.1. The van der Waals surface area contributed by atoms with Crippen LogP contribution in [0.25, 0.3) is 0 Å². The molecule has 0 saturated carbocycles. The summed E-state index contributed by atoms with van der Waals surface area (Å²) in [6, 6.07) is 11.5. The predicted octanol–water partition coefficient (Wildman–Crippen LogP) is 4.40. The van der Waals surface area contributed by atoms with Crippen LogP contribution in [0.2, 0.25) is 0 Å². The molecule has 2 N–H and O–H groups in total. The zero-order chi connectivity index (χ0) is 20.2. The van der Waals surface area contributed by atoms with E-state index in [1.807, 2.05) is 12.1 Å². The van der Waals surface area contributed by atoms with E-state index in [1.54, 1.807) is 18.2 Å². The Labute approximate surface area is 176 Å². The Bertz CT molecular complexity index is 1040. The fourth-order valence-corrected chi connectivity index (χ4v) is 4.33. The largest absolute Gasteiger partial charge is 0.486 e. The number of anilines is 3. The summed E-state index contributed by atoms with van der Waals surface area (Å²) in [5, 5.41) is 15.2. The molecule has 0 bridgehead atoms. The van der Waals surface area contributed by atoms with Gasteiger partial charge in [0.2, 0.25) is 11.0 Å². The number of ether oxygens (including phenoxy) is 2. The van der Waals surface area contributed by atoms with Crippen molar-refractivity contribution in [1.29, 1.82) is 0 Å². The molecule has 2 heterocycles. The number of fused-ring (bicyclic) bond motifs is 1. The van der Waals surface area contributed by atoms with Crippen LogP contribution >= 0.6 is 23.1 Å². The Kier molecular flexibility index (Phi) is 5.86. The first kappa shape index (κ1) is 19.5. The molecule has 2 aromatic carbocycles. The predicted molar refractivity (Wildman–Crippen MR) is 116 cm³/mol. The van der Waals surface area contributed by atoms with Crippen LogP contribution < -0.4 is 20.1 Å². The highest BCUT2D eigenvalue weighted by Gasteiger charge is 2.14. The molecule has 0 radical (unpaired) electrons. The van der Waals surface area contributed by atoms with Gasteiger partial charge in [0.1, 0.15) is 13.2 Å². The van der Waals surface area contributed by atoms with Crippen LogP contribution in [0.5, 0.6) is 11.5 Å². The molecule has 0 saturated heterocycles. The second-order valence-electron chi connectivity index (χ2n) is 6.44. The van der Waals surface area contributed by atoms with Gasteiger partial charge < -0.3 is 20.1 Å². The zero-order valence-electron chi connectivity index (χ0n) is 16.0. The number of carbonyl (C=O) groups excluding carboxylic acids is 1. The molecular formula is C20H20N4O3S2. The number of carbonyl (C=O) groups is 1. The molecular weight excluding hydrogens is 408 g/mol. The number of amides is 1. The molecule has 4 rings (SSSR count). The van der Waals surface area contributed by atoms with Crippen LogP contribution in [-0.2, 0) is 4.79 Å². The Balaban J connectivity index is 1.31. The van der Waals surface area contributed by atoms with E-state index in [0.717, 1.165) is 10.0 Å². The number of thioether (sulfide) groups is 1. The quantitative estimate of drug-likeness (QED) is 0.563. The number of hydrogen-bond donors (Lipinski definition) is 2. The Morgan fingerprint density at radius 1 is 1.14 bits per heavy atom. The summed E-state index contributed by atoms with van der Waals surface area (Å²) < 4.78 is 11.8. The van der Waals surface area contributed by atoms with E-state index >= 15 is 0 Å². The molecule has 0 unspecified atom stereocenters. The molecule has 0 atom stereocenters. The van der Waals surface area contributed by atoms with Crippen molar-refractivity contribution in [2.75, 3.05) is 29.6 Å². The van der Waals surface area contributed by atoms with Crippen LogP contribution in [0, 0.1) is 13.8 Å². The number of nitrogens with zero attached hydrogens (tertiary/aromatic N) is 2. The van der Waals surface area contributed by atoms with Gasteiger partial charge in [-0.1, -0.05) is 35.2 Å². The summed E-state index contributed by atoms with van der Waals surface area (Å²) in [6.07, 6.45) is 0. The van der Waals surface area contributed by atoms with E-state index in [-0.39, 0.29) is 11.7 Å². The molecule has 1 aromatic heterocycles. The number of aryl methyl sites for hydroxylation is 1. The monoisotopic (exact) mass is 428 g/mol. The van der Waals surface area contributed by atoms with Crippen molar-refractivity contribution in [3.05, 3.63) is 47.5 Å². The maximum absolute atomic E-state index is 12.3. The maximum atomic E-state index is 12.3. The van der Waals surface area contributed by atoms with Crippen molar-refractivity contribution in [3.63, 3.8) is 0 Å². The molecule has 0 aliphatic carbocycles. The zero-order valence-corrected chi connectivity index (χ0v) is 17.7. The Hall–Kier alpha value is -2.78. The second kappa shape index (κ2) is 8.71. The van der Waals surface area contributed by atoms with E-state index in [2.05, 4.69) is 40.7 Å². The van der Waals surface area contributed by atoms with Gasteiger partial charge in [0.05, 0.1) is 5.75 Å². The van der Waals surface area contributed by atoms with E-state index in [1.165, 1.54) is 34.2 Å². The van der Waals surface area contributed by atoms with E-state index in [4.69, 9.17) is 9.47 Å². The van der Waals surface area contributed by atoms with Gasteiger partial charge in [-0.2, -0.15) is 0 Å². The van der Waals surface area contributed by atoms with Gasteiger partial charge in [0, 0.05) is 17.4 Å². The highest BCUT2D eigenvalue weighted by atomic mass is 32.2.